The topological polar surface area (TPSA) is 41.1 Å². The van der Waals surface area contributed by atoms with Gasteiger partial charge in [0.1, 0.15) is 0 Å². The summed E-state index contributed by atoms with van der Waals surface area (Å²) >= 11 is 0. The second-order valence-corrected chi connectivity index (χ2v) is 5.75. The molecule has 0 saturated carbocycles. The van der Waals surface area contributed by atoms with E-state index < -0.39 is 17.6 Å². The van der Waals surface area contributed by atoms with Gasteiger partial charge in [-0.3, -0.25) is 4.79 Å². The molecule has 0 bridgehead atoms. The monoisotopic (exact) mass is 288 g/mol. The Morgan fingerprint density at radius 1 is 1.20 bits per heavy atom. The molecule has 3 nitrogen and oxygen atoms in total. The minimum atomic E-state index is -4.47. The molecule has 0 heterocycles. The van der Waals surface area contributed by atoms with Crippen molar-refractivity contribution in [3.63, 3.8) is 0 Å². The van der Waals surface area contributed by atoms with Crippen LogP contribution < -0.4 is 10.6 Å². The molecule has 0 aliphatic heterocycles. The molecule has 0 atom stereocenters. The average Bonchev–Trinajstić information content (AvgIpc) is 2.33. The molecular formula is C14H19F3N2O. The van der Waals surface area contributed by atoms with E-state index in [1.807, 2.05) is 20.8 Å². The van der Waals surface area contributed by atoms with Gasteiger partial charge in [0, 0.05) is 19.3 Å². The molecule has 1 aromatic carbocycles. The highest BCUT2D eigenvalue weighted by Crippen LogP contribution is 2.31. The second kappa shape index (κ2) is 5.73. The van der Waals surface area contributed by atoms with Crippen LogP contribution in [0.25, 0.3) is 0 Å². The molecule has 0 aromatic heterocycles. The highest BCUT2D eigenvalue weighted by molar-refractivity contribution is 5.99. The average molecular weight is 288 g/mol. The van der Waals surface area contributed by atoms with Gasteiger partial charge in [0.05, 0.1) is 11.1 Å². The van der Waals surface area contributed by atoms with Crippen molar-refractivity contribution in [2.75, 3.05) is 18.9 Å². The summed E-state index contributed by atoms with van der Waals surface area (Å²) in [5.41, 5.74) is -0.620. The van der Waals surface area contributed by atoms with Crippen molar-refractivity contribution in [3.05, 3.63) is 29.3 Å². The quantitative estimate of drug-likeness (QED) is 0.893. The minimum Gasteiger partial charge on any atom is -0.387 e. The van der Waals surface area contributed by atoms with Gasteiger partial charge >= 0.3 is 6.18 Å². The van der Waals surface area contributed by atoms with E-state index in [2.05, 4.69) is 10.6 Å². The number of rotatable bonds is 3. The second-order valence-electron chi connectivity index (χ2n) is 5.75. The molecule has 0 unspecified atom stereocenters. The first-order valence-corrected chi connectivity index (χ1v) is 6.22. The highest BCUT2D eigenvalue weighted by atomic mass is 19.4. The standard InChI is InChI=1S/C14H19F3N2O/c1-13(2,3)8-19-12(20)10-7-9(14(15,16)17)5-6-11(10)18-4/h5-7,18H,8H2,1-4H3,(H,19,20). The van der Waals surface area contributed by atoms with Gasteiger partial charge in [-0.15, -0.1) is 0 Å². The molecule has 20 heavy (non-hydrogen) atoms. The molecule has 1 aromatic rings. The lowest BCUT2D eigenvalue weighted by Crippen LogP contribution is -2.32. The van der Waals surface area contributed by atoms with E-state index in [-0.39, 0.29) is 11.0 Å². The lowest BCUT2D eigenvalue weighted by molar-refractivity contribution is -0.137. The Morgan fingerprint density at radius 3 is 2.25 bits per heavy atom. The molecule has 0 aliphatic rings. The summed E-state index contributed by atoms with van der Waals surface area (Å²) in [4.78, 5) is 12.0. The van der Waals surface area contributed by atoms with Crippen molar-refractivity contribution in [3.8, 4) is 0 Å². The maximum atomic E-state index is 12.7. The summed E-state index contributed by atoms with van der Waals surface area (Å²) < 4.78 is 38.1. The van der Waals surface area contributed by atoms with Crippen LogP contribution in [0.2, 0.25) is 0 Å². The number of halogens is 3. The van der Waals surface area contributed by atoms with E-state index in [4.69, 9.17) is 0 Å². The number of carbonyl (C=O) groups is 1. The molecule has 6 heteroatoms. The number of amides is 1. The van der Waals surface area contributed by atoms with Crippen LogP contribution in [0, 0.1) is 5.41 Å². The number of hydrogen-bond acceptors (Lipinski definition) is 2. The molecule has 0 aliphatic carbocycles. The first-order valence-electron chi connectivity index (χ1n) is 6.22. The zero-order valence-electron chi connectivity index (χ0n) is 12.0. The summed E-state index contributed by atoms with van der Waals surface area (Å²) in [6, 6.07) is 3.07. The number of benzene rings is 1. The van der Waals surface area contributed by atoms with E-state index >= 15 is 0 Å². The van der Waals surface area contributed by atoms with Crippen molar-refractivity contribution in [2.24, 2.45) is 5.41 Å². The van der Waals surface area contributed by atoms with Crippen molar-refractivity contribution in [2.45, 2.75) is 26.9 Å². The van der Waals surface area contributed by atoms with Gasteiger partial charge in [0.25, 0.3) is 5.91 Å². The van der Waals surface area contributed by atoms with Crippen LogP contribution in [0.5, 0.6) is 0 Å². The van der Waals surface area contributed by atoms with Gasteiger partial charge in [-0.2, -0.15) is 13.2 Å². The van der Waals surface area contributed by atoms with Crippen LogP contribution >= 0.6 is 0 Å². The number of nitrogens with one attached hydrogen (secondary N) is 2. The Kier molecular flexibility index (Phi) is 4.68. The van der Waals surface area contributed by atoms with Gasteiger partial charge < -0.3 is 10.6 Å². The maximum absolute atomic E-state index is 12.7. The molecule has 0 spiro atoms. The van der Waals surface area contributed by atoms with E-state index in [1.54, 1.807) is 7.05 Å². The number of anilines is 1. The van der Waals surface area contributed by atoms with Gasteiger partial charge in [-0.25, -0.2) is 0 Å². The SMILES string of the molecule is CNc1ccc(C(F)(F)F)cc1C(=O)NCC(C)(C)C. The van der Waals surface area contributed by atoms with E-state index in [1.165, 1.54) is 6.07 Å². The van der Waals surface area contributed by atoms with Crippen LogP contribution in [0.15, 0.2) is 18.2 Å². The summed E-state index contributed by atoms with van der Waals surface area (Å²) in [6.45, 7) is 6.17. The number of hydrogen-bond donors (Lipinski definition) is 2. The molecule has 2 N–H and O–H groups in total. The third-order valence-corrected chi connectivity index (χ3v) is 2.64. The van der Waals surface area contributed by atoms with Crippen LogP contribution in [-0.2, 0) is 6.18 Å². The number of alkyl halides is 3. The van der Waals surface area contributed by atoms with Crippen molar-refractivity contribution < 1.29 is 18.0 Å². The third-order valence-electron chi connectivity index (χ3n) is 2.64. The van der Waals surface area contributed by atoms with Crippen molar-refractivity contribution >= 4 is 11.6 Å². The highest BCUT2D eigenvalue weighted by Gasteiger charge is 2.31. The zero-order valence-corrected chi connectivity index (χ0v) is 12.0. The fraction of sp³-hybridized carbons (Fsp3) is 0.500. The Hall–Kier alpha value is -1.72. The normalized spacial score (nSPS) is 12.2. The van der Waals surface area contributed by atoms with Gasteiger partial charge in [0.15, 0.2) is 0 Å². The summed E-state index contributed by atoms with van der Waals surface area (Å²) in [5.74, 6) is -0.518. The summed E-state index contributed by atoms with van der Waals surface area (Å²) in [7, 11) is 1.56. The molecule has 0 saturated heterocycles. The summed E-state index contributed by atoms with van der Waals surface area (Å²) in [5, 5.41) is 5.37. The number of carbonyl (C=O) groups excluding carboxylic acids is 1. The third kappa shape index (κ3) is 4.43. The molecule has 112 valence electrons. The molecule has 1 rings (SSSR count). The van der Waals surface area contributed by atoms with E-state index in [0.29, 0.717) is 12.2 Å². The smallest absolute Gasteiger partial charge is 0.387 e. The Bertz CT molecular complexity index is 490. The first kappa shape index (κ1) is 16.3. The van der Waals surface area contributed by atoms with Crippen molar-refractivity contribution in [1.82, 2.24) is 5.32 Å². The van der Waals surface area contributed by atoms with Gasteiger partial charge in [-0.05, 0) is 23.6 Å². The van der Waals surface area contributed by atoms with E-state index in [9.17, 15) is 18.0 Å². The van der Waals surface area contributed by atoms with Crippen LogP contribution in [0.4, 0.5) is 18.9 Å². The summed E-state index contributed by atoms with van der Waals surface area (Å²) in [6.07, 6.45) is -4.47. The van der Waals surface area contributed by atoms with E-state index in [0.717, 1.165) is 12.1 Å². The molecule has 0 radical (unpaired) electrons. The van der Waals surface area contributed by atoms with Crippen molar-refractivity contribution in [1.29, 1.82) is 0 Å². The first-order chi connectivity index (χ1) is 9.04. The predicted molar refractivity (Wildman–Crippen MR) is 72.8 cm³/mol. The predicted octanol–water partition coefficient (Wildman–Crippen LogP) is 3.52. The fourth-order valence-corrected chi connectivity index (χ4v) is 1.57. The Labute approximate surface area is 116 Å². The zero-order chi connectivity index (χ0) is 15.6. The lowest BCUT2D eigenvalue weighted by atomic mass is 9.96. The lowest BCUT2D eigenvalue weighted by Gasteiger charge is -2.20. The minimum absolute atomic E-state index is 0.00780. The van der Waals surface area contributed by atoms with Crippen LogP contribution in [0.3, 0.4) is 0 Å². The Balaban J connectivity index is 3.05. The largest absolute Gasteiger partial charge is 0.416 e. The molecule has 1 amide bonds. The molecule has 0 fully saturated rings. The van der Waals surface area contributed by atoms with Gasteiger partial charge in [0.2, 0.25) is 0 Å². The van der Waals surface area contributed by atoms with Crippen LogP contribution in [0.1, 0.15) is 36.7 Å². The maximum Gasteiger partial charge on any atom is 0.416 e. The molecular weight excluding hydrogens is 269 g/mol. The Morgan fingerprint density at radius 2 is 1.80 bits per heavy atom. The fourth-order valence-electron chi connectivity index (χ4n) is 1.57. The van der Waals surface area contributed by atoms with Crippen LogP contribution in [-0.4, -0.2) is 19.5 Å². The van der Waals surface area contributed by atoms with Gasteiger partial charge in [-0.1, -0.05) is 20.8 Å².